The summed E-state index contributed by atoms with van der Waals surface area (Å²) in [7, 11) is 0. The number of carbonyl (C=O) groups is 4. The fourth-order valence-corrected chi connectivity index (χ4v) is 5.47. The molecule has 1 aromatic rings. The lowest BCUT2D eigenvalue weighted by molar-refractivity contribution is -0.292. The van der Waals surface area contributed by atoms with Gasteiger partial charge in [-0.3, -0.25) is 24.1 Å². The van der Waals surface area contributed by atoms with E-state index in [1.165, 1.54) is 18.7 Å². The van der Waals surface area contributed by atoms with E-state index in [1.807, 2.05) is 18.2 Å². The standard InChI is InChI=1S/C35H57N5O16/c1-21-28(45)30(47)32(49)34(55-21)53-14-10-37-26(43)19-40(20-27(44)38-11-15-54-35-33(50)31(48)29(46)22(2)56-35)18-25(42)36-9-13-52-17-16-51-12-8-24(41)39-23-6-4-3-5-7-23/h3-7,21-22,28-35,45-50H,8-20H2,1-2H3,(H,36,42)(H,37,43)(H,38,44)(H,39,41)/t21-,22-,28+,29+,30+,31+,32-,33-,34+,35+/m0/s1. The van der Waals surface area contributed by atoms with Gasteiger partial charge < -0.3 is 80.3 Å². The molecule has 2 saturated heterocycles. The molecular weight excluding hydrogens is 746 g/mol. The van der Waals surface area contributed by atoms with Gasteiger partial charge in [0, 0.05) is 25.3 Å². The molecule has 0 bridgehead atoms. The first-order valence-electron chi connectivity index (χ1n) is 18.4. The molecule has 2 aliphatic heterocycles. The maximum Gasteiger partial charge on any atom is 0.234 e. The average molecular weight is 804 g/mol. The van der Waals surface area contributed by atoms with Crippen LogP contribution in [-0.4, -0.2) is 199 Å². The lowest BCUT2D eigenvalue weighted by Gasteiger charge is -2.38. The molecular formula is C35H57N5O16. The van der Waals surface area contributed by atoms with Crippen LogP contribution in [0.25, 0.3) is 0 Å². The summed E-state index contributed by atoms with van der Waals surface area (Å²) in [5, 5.41) is 70.3. The van der Waals surface area contributed by atoms with E-state index < -0.39 is 79.1 Å². The third-order valence-corrected chi connectivity index (χ3v) is 8.60. The Bertz CT molecular complexity index is 1280. The first-order chi connectivity index (χ1) is 26.8. The van der Waals surface area contributed by atoms with E-state index in [0.29, 0.717) is 5.69 Å². The van der Waals surface area contributed by atoms with Gasteiger partial charge in [0.1, 0.15) is 36.6 Å². The second kappa shape index (κ2) is 25.0. The highest BCUT2D eigenvalue weighted by molar-refractivity contribution is 5.90. The van der Waals surface area contributed by atoms with E-state index in [4.69, 9.17) is 28.4 Å². The number of anilines is 1. The predicted octanol–water partition coefficient (Wildman–Crippen LogP) is -4.61. The molecule has 56 heavy (non-hydrogen) atoms. The SMILES string of the molecule is C[C@@H]1O[C@@H](OCCNC(=O)CN(CC(=O)NCCOCCOCCC(=O)Nc2ccccc2)CC(=O)NCCO[C@@H]2O[C@@H](C)[C@@H](O)[C@@H](O)[C@@H]2O)[C@@H](O)[C@H](O)[C@@H]1O. The van der Waals surface area contributed by atoms with E-state index >= 15 is 0 Å². The maximum absolute atomic E-state index is 12.8. The third kappa shape index (κ3) is 16.6. The molecule has 1 aromatic carbocycles. The van der Waals surface area contributed by atoms with Crippen molar-refractivity contribution in [2.75, 3.05) is 84.2 Å². The zero-order valence-corrected chi connectivity index (χ0v) is 31.6. The van der Waals surface area contributed by atoms with Crippen LogP contribution in [0.1, 0.15) is 20.3 Å². The van der Waals surface area contributed by atoms with Crippen LogP contribution in [0.2, 0.25) is 0 Å². The molecule has 318 valence electrons. The molecule has 2 aliphatic rings. The molecule has 21 nitrogen and oxygen atoms in total. The highest BCUT2D eigenvalue weighted by Gasteiger charge is 2.43. The average Bonchev–Trinajstić information content (AvgIpc) is 3.16. The van der Waals surface area contributed by atoms with Crippen molar-refractivity contribution in [1.82, 2.24) is 20.9 Å². The summed E-state index contributed by atoms with van der Waals surface area (Å²) < 4.78 is 32.4. The van der Waals surface area contributed by atoms with Crippen LogP contribution in [0.4, 0.5) is 5.69 Å². The Morgan fingerprint density at radius 2 is 1.00 bits per heavy atom. The molecule has 0 spiro atoms. The molecule has 4 amide bonds. The third-order valence-electron chi connectivity index (χ3n) is 8.60. The van der Waals surface area contributed by atoms with Crippen molar-refractivity contribution in [1.29, 1.82) is 0 Å². The number of carbonyl (C=O) groups excluding carboxylic acids is 4. The first-order valence-corrected chi connectivity index (χ1v) is 18.4. The number of aliphatic hydroxyl groups excluding tert-OH is 6. The number of nitrogens with zero attached hydrogens (tertiary/aromatic N) is 1. The summed E-state index contributed by atoms with van der Waals surface area (Å²) in [6.07, 6.45) is -12.5. The van der Waals surface area contributed by atoms with Gasteiger partial charge in [0.05, 0.1) is 77.9 Å². The number of nitrogens with one attached hydrogen (secondary N) is 4. The lowest BCUT2D eigenvalue weighted by Crippen LogP contribution is -2.57. The van der Waals surface area contributed by atoms with E-state index in [0.717, 1.165) is 0 Å². The second-order valence-corrected chi connectivity index (χ2v) is 13.2. The smallest absolute Gasteiger partial charge is 0.234 e. The Hall–Kier alpha value is -3.42. The van der Waals surface area contributed by atoms with E-state index in [1.54, 1.807) is 12.1 Å². The van der Waals surface area contributed by atoms with Gasteiger partial charge in [0.25, 0.3) is 0 Å². The topological polar surface area (TPSA) is 296 Å². The van der Waals surface area contributed by atoms with Crippen molar-refractivity contribution in [3.05, 3.63) is 30.3 Å². The molecule has 2 fully saturated rings. The van der Waals surface area contributed by atoms with Gasteiger partial charge in [-0.15, -0.1) is 0 Å². The van der Waals surface area contributed by atoms with Gasteiger partial charge in [0.2, 0.25) is 23.6 Å². The zero-order valence-electron chi connectivity index (χ0n) is 31.6. The summed E-state index contributed by atoms with van der Waals surface area (Å²) in [6, 6.07) is 9.04. The Balaban J connectivity index is 1.37. The fourth-order valence-electron chi connectivity index (χ4n) is 5.47. The van der Waals surface area contributed by atoms with Crippen molar-refractivity contribution >= 4 is 29.3 Å². The lowest BCUT2D eigenvalue weighted by atomic mass is 10.0. The number of aliphatic hydroxyl groups is 6. The summed E-state index contributed by atoms with van der Waals surface area (Å²) in [4.78, 5) is 51.5. The number of benzene rings is 1. The Labute approximate surface area is 324 Å². The molecule has 3 rings (SSSR count). The van der Waals surface area contributed by atoms with Crippen LogP contribution in [-0.2, 0) is 47.6 Å². The molecule has 0 aromatic heterocycles. The molecule has 2 heterocycles. The molecule has 0 unspecified atom stereocenters. The second-order valence-electron chi connectivity index (χ2n) is 13.2. The number of ether oxygens (including phenoxy) is 6. The van der Waals surface area contributed by atoms with Gasteiger partial charge in [-0.2, -0.15) is 0 Å². The minimum atomic E-state index is -1.51. The number of hydrogen-bond donors (Lipinski definition) is 10. The molecule has 10 N–H and O–H groups in total. The Kier molecular flexibility index (Phi) is 21.0. The number of hydrogen-bond acceptors (Lipinski definition) is 17. The van der Waals surface area contributed by atoms with Crippen molar-refractivity contribution < 1.29 is 78.2 Å². The van der Waals surface area contributed by atoms with E-state index in [-0.39, 0.29) is 91.2 Å². The van der Waals surface area contributed by atoms with Crippen LogP contribution in [0, 0.1) is 0 Å². The summed E-state index contributed by atoms with van der Waals surface area (Å²) >= 11 is 0. The van der Waals surface area contributed by atoms with Crippen molar-refractivity contribution in [3.63, 3.8) is 0 Å². The quantitative estimate of drug-likeness (QED) is 0.0440. The minimum absolute atomic E-state index is 0.0522. The Morgan fingerprint density at radius 3 is 1.46 bits per heavy atom. The number of amides is 4. The summed E-state index contributed by atoms with van der Waals surface area (Å²) in [5.74, 6) is -1.81. The zero-order chi connectivity index (χ0) is 41.0. The number of para-hydroxylation sites is 1. The van der Waals surface area contributed by atoms with Crippen LogP contribution >= 0.6 is 0 Å². The molecule has 21 heteroatoms. The predicted molar refractivity (Wildman–Crippen MR) is 193 cm³/mol. The van der Waals surface area contributed by atoms with Crippen LogP contribution in [0.5, 0.6) is 0 Å². The van der Waals surface area contributed by atoms with Gasteiger partial charge in [-0.1, -0.05) is 18.2 Å². The Morgan fingerprint density at radius 1 is 0.571 bits per heavy atom. The van der Waals surface area contributed by atoms with Crippen molar-refractivity contribution in [3.8, 4) is 0 Å². The van der Waals surface area contributed by atoms with Crippen molar-refractivity contribution in [2.45, 2.75) is 81.7 Å². The maximum atomic E-state index is 12.8. The van der Waals surface area contributed by atoms with Crippen LogP contribution in [0.15, 0.2) is 30.3 Å². The molecule has 10 atom stereocenters. The minimum Gasteiger partial charge on any atom is -0.388 e. The molecule has 0 radical (unpaired) electrons. The van der Waals surface area contributed by atoms with Crippen molar-refractivity contribution in [2.24, 2.45) is 0 Å². The first kappa shape index (κ1) is 47.0. The van der Waals surface area contributed by atoms with E-state index in [2.05, 4.69) is 21.3 Å². The van der Waals surface area contributed by atoms with Crippen LogP contribution in [0.3, 0.4) is 0 Å². The van der Waals surface area contributed by atoms with Gasteiger partial charge >= 0.3 is 0 Å². The largest absolute Gasteiger partial charge is 0.388 e. The van der Waals surface area contributed by atoms with E-state index in [9.17, 15) is 49.8 Å². The highest BCUT2D eigenvalue weighted by atomic mass is 16.7. The van der Waals surface area contributed by atoms with Crippen LogP contribution < -0.4 is 21.3 Å². The summed E-state index contributed by atoms with van der Waals surface area (Å²) in [5.41, 5.74) is 0.695. The summed E-state index contributed by atoms with van der Waals surface area (Å²) in [6.45, 7) is 2.46. The highest BCUT2D eigenvalue weighted by Crippen LogP contribution is 2.22. The molecule has 0 aliphatic carbocycles. The van der Waals surface area contributed by atoms with Gasteiger partial charge in [0.15, 0.2) is 12.6 Å². The number of rotatable bonds is 24. The monoisotopic (exact) mass is 803 g/mol. The normalized spacial score (nSPS) is 27.7. The van der Waals surface area contributed by atoms with Gasteiger partial charge in [-0.25, -0.2) is 0 Å². The van der Waals surface area contributed by atoms with Gasteiger partial charge in [-0.05, 0) is 26.0 Å². The molecule has 0 saturated carbocycles. The fraction of sp³-hybridized carbons (Fsp3) is 0.714.